The molecule has 3 aliphatic heterocycles. The number of ether oxygens (including phenoxy) is 1. The van der Waals surface area contributed by atoms with Crippen LogP contribution in [-0.4, -0.2) is 59.4 Å². The molecule has 6 nitrogen and oxygen atoms in total. The van der Waals surface area contributed by atoms with Crippen molar-refractivity contribution >= 4 is 12.3 Å². The van der Waals surface area contributed by atoms with Gasteiger partial charge in [-0.3, -0.25) is 0 Å². The number of carbonyl (C=O) groups is 2. The van der Waals surface area contributed by atoms with Crippen LogP contribution in [0.3, 0.4) is 0 Å². The number of aldehydes is 1. The Morgan fingerprint density at radius 1 is 1.26 bits per heavy atom. The molecule has 1 aromatic rings. The van der Waals surface area contributed by atoms with Crippen molar-refractivity contribution in [2.45, 2.75) is 50.2 Å². The molecule has 0 radical (unpaired) electrons. The van der Waals surface area contributed by atoms with Crippen molar-refractivity contribution in [2.75, 3.05) is 26.2 Å². The minimum atomic E-state index is -0.383. The number of amides is 2. The van der Waals surface area contributed by atoms with E-state index in [9.17, 15) is 9.59 Å². The standard InChI is InChI=1S/C21H29N3O3/c1-20(13-16-5-2-3-6-18(16)27-20)17-7-10-23(11-8-17)19(26)24-14-21(22,15-24)9-4-12-25/h2-3,5-6,12,17H,4,7-11,13-15,22H2,1H3. The predicted octanol–water partition coefficient (Wildman–Crippen LogP) is 2.20. The summed E-state index contributed by atoms with van der Waals surface area (Å²) in [7, 11) is 0. The van der Waals surface area contributed by atoms with Gasteiger partial charge >= 0.3 is 6.03 Å². The molecule has 2 N–H and O–H groups in total. The SMILES string of the molecule is CC1(C2CCN(C(=O)N3CC(N)(CCC=O)C3)CC2)Cc2ccccc2O1. The van der Waals surface area contributed by atoms with Gasteiger partial charge < -0.3 is 25.1 Å². The number of hydrogen-bond donors (Lipinski definition) is 1. The molecule has 27 heavy (non-hydrogen) atoms. The first-order chi connectivity index (χ1) is 12.9. The lowest BCUT2D eigenvalue weighted by atomic mass is 9.79. The van der Waals surface area contributed by atoms with Crippen LogP contribution in [0, 0.1) is 5.92 Å². The lowest BCUT2D eigenvalue weighted by Crippen LogP contribution is -2.70. The van der Waals surface area contributed by atoms with Gasteiger partial charge in [-0.15, -0.1) is 0 Å². The Morgan fingerprint density at radius 2 is 1.96 bits per heavy atom. The topological polar surface area (TPSA) is 75.9 Å². The van der Waals surface area contributed by atoms with E-state index in [2.05, 4.69) is 19.1 Å². The van der Waals surface area contributed by atoms with E-state index in [4.69, 9.17) is 10.5 Å². The highest BCUT2D eigenvalue weighted by Gasteiger charge is 2.46. The van der Waals surface area contributed by atoms with Gasteiger partial charge in [-0.2, -0.15) is 0 Å². The number of rotatable bonds is 4. The molecule has 146 valence electrons. The summed E-state index contributed by atoms with van der Waals surface area (Å²) in [4.78, 5) is 27.0. The number of benzene rings is 1. The Bertz CT molecular complexity index is 696. The van der Waals surface area contributed by atoms with E-state index in [1.54, 1.807) is 0 Å². The maximum absolute atomic E-state index is 12.7. The number of carbonyl (C=O) groups excluding carboxylic acids is 2. The lowest BCUT2D eigenvalue weighted by Gasteiger charge is -2.50. The molecule has 0 saturated carbocycles. The molecule has 0 aliphatic carbocycles. The molecule has 3 aliphatic rings. The molecule has 2 fully saturated rings. The first kappa shape index (κ1) is 18.3. The lowest BCUT2D eigenvalue weighted by molar-refractivity contribution is -0.108. The highest BCUT2D eigenvalue weighted by atomic mass is 16.5. The number of nitrogens with two attached hydrogens (primary N) is 1. The fraction of sp³-hybridized carbons (Fsp3) is 0.619. The Kier molecular flexibility index (Phi) is 4.62. The summed E-state index contributed by atoms with van der Waals surface area (Å²) in [5, 5.41) is 0. The zero-order chi connectivity index (χ0) is 19.1. The average Bonchev–Trinajstić information content (AvgIpc) is 3.01. The minimum absolute atomic E-state index is 0.0846. The van der Waals surface area contributed by atoms with E-state index in [1.807, 2.05) is 21.9 Å². The molecule has 0 spiro atoms. The molecule has 2 saturated heterocycles. The maximum Gasteiger partial charge on any atom is 0.320 e. The second-order valence-corrected chi connectivity index (χ2v) is 8.67. The number of piperidine rings is 1. The largest absolute Gasteiger partial charge is 0.487 e. The molecule has 0 aromatic heterocycles. The van der Waals surface area contributed by atoms with Gasteiger partial charge in [0.2, 0.25) is 0 Å². The van der Waals surface area contributed by atoms with E-state index in [1.165, 1.54) is 5.56 Å². The predicted molar refractivity (Wildman–Crippen MR) is 103 cm³/mol. The first-order valence-electron chi connectivity index (χ1n) is 9.96. The third-order valence-corrected chi connectivity index (χ3v) is 6.53. The number of fused-ring (bicyclic) bond motifs is 1. The fourth-order valence-electron chi connectivity index (χ4n) is 4.88. The average molecular weight is 371 g/mol. The summed E-state index contributed by atoms with van der Waals surface area (Å²) < 4.78 is 6.32. The highest BCUT2D eigenvalue weighted by molar-refractivity contribution is 5.76. The summed E-state index contributed by atoms with van der Waals surface area (Å²) in [6.07, 6.45) is 4.88. The molecule has 4 rings (SSSR count). The zero-order valence-electron chi connectivity index (χ0n) is 16.0. The van der Waals surface area contributed by atoms with Crippen LogP contribution in [0.5, 0.6) is 5.75 Å². The van der Waals surface area contributed by atoms with Crippen LogP contribution in [-0.2, 0) is 11.2 Å². The van der Waals surface area contributed by atoms with Crippen molar-refractivity contribution in [3.8, 4) is 5.75 Å². The van der Waals surface area contributed by atoms with Gasteiger partial charge in [-0.25, -0.2) is 4.79 Å². The number of para-hydroxylation sites is 1. The monoisotopic (exact) mass is 371 g/mol. The quantitative estimate of drug-likeness (QED) is 0.824. The normalized spacial score (nSPS) is 26.9. The number of hydrogen-bond acceptors (Lipinski definition) is 4. The van der Waals surface area contributed by atoms with Gasteiger partial charge in [-0.1, -0.05) is 18.2 Å². The van der Waals surface area contributed by atoms with Crippen molar-refractivity contribution in [3.05, 3.63) is 29.8 Å². The molecule has 3 heterocycles. The molecular weight excluding hydrogens is 342 g/mol. The molecule has 2 amide bonds. The summed E-state index contributed by atoms with van der Waals surface area (Å²) in [6.45, 7) is 4.84. The molecule has 1 unspecified atom stereocenters. The third kappa shape index (κ3) is 3.43. The van der Waals surface area contributed by atoms with Crippen LogP contribution in [0.25, 0.3) is 0 Å². The van der Waals surface area contributed by atoms with Crippen LogP contribution < -0.4 is 10.5 Å². The van der Waals surface area contributed by atoms with Gasteiger partial charge in [0, 0.05) is 44.9 Å². The Morgan fingerprint density at radius 3 is 2.63 bits per heavy atom. The van der Waals surface area contributed by atoms with E-state index < -0.39 is 0 Å². The molecule has 1 aromatic carbocycles. The van der Waals surface area contributed by atoms with Gasteiger partial charge in [0.1, 0.15) is 17.6 Å². The minimum Gasteiger partial charge on any atom is -0.487 e. The first-order valence-corrected chi connectivity index (χ1v) is 9.96. The van der Waals surface area contributed by atoms with Crippen LogP contribution in [0.2, 0.25) is 0 Å². The highest BCUT2D eigenvalue weighted by Crippen LogP contribution is 2.42. The van der Waals surface area contributed by atoms with Crippen molar-refractivity contribution in [1.29, 1.82) is 0 Å². The van der Waals surface area contributed by atoms with Crippen molar-refractivity contribution in [2.24, 2.45) is 11.7 Å². The van der Waals surface area contributed by atoms with Gasteiger partial charge in [0.25, 0.3) is 0 Å². The number of likely N-dealkylation sites (tertiary alicyclic amines) is 2. The fourth-order valence-corrected chi connectivity index (χ4v) is 4.88. The summed E-state index contributed by atoms with van der Waals surface area (Å²) in [5.41, 5.74) is 6.96. The van der Waals surface area contributed by atoms with E-state index in [0.29, 0.717) is 31.8 Å². The van der Waals surface area contributed by atoms with Crippen molar-refractivity contribution < 1.29 is 14.3 Å². The van der Waals surface area contributed by atoms with Crippen LogP contribution in [0.1, 0.15) is 38.2 Å². The van der Waals surface area contributed by atoms with Crippen molar-refractivity contribution in [1.82, 2.24) is 9.80 Å². The van der Waals surface area contributed by atoms with Crippen molar-refractivity contribution in [3.63, 3.8) is 0 Å². The number of nitrogens with zero attached hydrogens (tertiary/aromatic N) is 2. The Hall–Kier alpha value is -2.08. The molecule has 6 heteroatoms. The number of urea groups is 1. The molecule has 0 bridgehead atoms. The Labute approximate surface area is 160 Å². The Balaban J connectivity index is 1.29. The summed E-state index contributed by atoms with van der Waals surface area (Å²) in [5.74, 6) is 1.46. The van der Waals surface area contributed by atoms with E-state index in [-0.39, 0.29) is 17.2 Å². The van der Waals surface area contributed by atoms with Gasteiger partial charge in [-0.05, 0) is 37.8 Å². The van der Waals surface area contributed by atoms with E-state index >= 15 is 0 Å². The zero-order valence-corrected chi connectivity index (χ0v) is 16.0. The van der Waals surface area contributed by atoms with E-state index in [0.717, 1.165) is 44.4 Å². The van der Waals surface area contributed by atoms with Gasteiger partial charge in [0.05, 0.1) is 5.54 Å². The van der Waals surface area contributed by atoms with Crippen LogP contribution in [0.15, 0.2) is 24.3 Å². The van der Waals surface area contributed by atoms with Crippen LogP contribution >= 0.6 is 0 Å². The second-order valence-electron chi connectivity index (χ2n) is 8.67. The smallest absolute Gasteiger partial charge is 0.320 e. The molecule has 1 atom stereocenters. The van der Waals surface area contributed by atoms with Gasteiger partial charge in [0.15, 0.2) is 0 Å². The van der Waals surface area contributed by atoms with Crippen LogP contribution in [0.4, 0.5) is 4.79 Å². The summed E-state index contributed by atoms with van der Waals surface area (Å²) >= 11 is 0. The summed E-state index contributed by atoms with van der Waals surface area (Å²) in [6, 6.07) is 8.36. The second kappa shape index (κ2) is 6.82. The maximum atomic E-state index is 12.7. The third-order valence-electron chi connectivity index (χ3n) is 6.53. The molecular formula is C21H29N3O3.